The standard InChI is InChI=1S/C21H20Cl2F3N3O3S/c1-32-17-9-33(11-2-3-12(22)13(23)6-11)18(8-30)21(31)20(17)29-7-16(27-28-29)10-4-14(24)19(26)15(25)5-10/h2-7,17-18,20-21,30-31,33H,8-9H2,1H3/t17-,18+,20+,21-/m0/s1. The maximum absolute atomic E-state index is 13.6. The van der Waals surface area contributed by atoms with Gasteiger partial charge in [0.2, 0.25) is 0 Å². The molecule has 0 saturated carbocycles. The lowest BCUT2D eigenvalue weighted by atomic mass is 10.0. The highest BCUT2D eigenvalue weighted by molar-refractivity contribution is 8.17. The van der Waals surface area contributed by atoms with Gasteiger partial charge < -0.3 is 14.9 Å². The molecule has 1 aliphatic rings. The summed E-state index contributed by atoms with van der Waals surface area (Å²) in [6, 6.07) is 6.11. The van der Waals surface area contributed by atoms with Crippen LogP contribution in [0.25, 0.3) is 11.3 Å². The number of rotatable bonds is 5. The van der Waals surface area contributed by atoms with Gasteiger partial charge in [-0.25, -0.2) is 28.7 Å². The van der Waals surface area contributed by atoms with E-state index in [2.05, 4.69) is 10.3 Å². The van der Waals surface area contributed by atoms with Crippen molar-refractivity contribution in [2.24, 2.45) is 0 Å². The molecule has 33 heavy (non-hydrogen) atoms. The van der Waals surface area contributed by atoms with Crippen LogP contribution in [-0.2, 0) is 4.74 Å². The van der Waals surface area contributed by atoms with Crippen molar-refractivity contribution in [1.82, 2.24) is 15.0 Å². The zero-order valence-electron chi connectivity index (χ0n) is 17.2. The molecule has 0 radical (unpaired) electrons. The lowest BCUT2D eigenvalue weighted by Gasteiger charge is -2.46. The average Bonchev–Trinajstić information content (AvgIpc) is 3.28. The Hall–Kier alpha value is -1.82. The normalized spacial score (nSPS) is 26.5. The molecule has 1 aromatic heterocycles. The molecule has 12 heteroatoms. The molecule has 0 aliphatic carbocycles. The van der Waals surface area contributed by atoms with Crippen molar-refractivity contribution in [3.63, 3.8) is 0 Å². The van der Waals surface area contributed by atoms with Gasteiger partial charge in [-0.2, -0.15) is 0 Å². The predicted molar refractivity (Wildman–Crippen MR) is 121 cm³/mol. The van der Waals surface area contributed by atoms with E-state index in [-0.39, 0.29) is 17.9 Å². The zero-order valence-corrected chi connectivity index (χ0v) is 19.6. The van der Waals surface area contributed by atoms with Gasteiger partial charge in [-0.05, 0) is 35.2 Å². The van der Waals surface area contributed by atoms with Crippen LogP contribution in [0.5, 0.6) is 0 Å². The van der Waals surface area contributed by atoms with Crippen molar-refractivity contribution in [2.45, 2.75) is 28.4 Å². The summed E-state index contributed by atoms with van der Waals surface area (Å²) in [5.41, 5.74) is 0.0846. The summed E-state index contributed by atoms with van der Waals surface area (Å²) in [5, 5.41) is 29.5. The van der Waals surface area contributed by atoms with Crippen molar-refractivity contribution in [1.29, 1.82) is 0 Å². The van der Waals surface area contributed by atoms with E-state index in [1.54, 1.807) is 12.1 Å². The number of thiol groups is 1. The summed E-state index contributed by atoms with van der Waals surface area (Å²) >= 11 is 12.2. The van der Waals surface area contributed by atoms with E-state index >= 15 is 0 Å². The van der Waals surface area contributed by atoms with E-state index in [1.165, 1.54) is 18.0 Å². The molecule has 1 unspecified atom stereocenters. The number of hydrogen-bond donors (Lipinski definition) is 3. The van der Waals surface area contributed by atoms with E-state index in [0.29, 0.717) is 15.8 Å². The van der Waals surface area contributed by atoms with Crippen LogP contribution in [0.4, 0.5) is 13.2 Å². The third kappa shape index (κ3) is 4.60. The smallest absolute Gasteiger partial charge is 0.194 e. The number of hydrogen-bond acceptors (Lipinski definition) is 5. The van der Waals surface area contributed by atoms with Gasteiger partial charge in [-0.3, -0.25) is 0 Å². The predicted octanol–water partition coefficient (Wildman–Crippen LogP) is 4.02. The largest absolute Gasteiger partial charge is 0.395 e. The molecule has 5 atom stereocenters. The summed E-state index contributed by atoms with van der Waals surface area (Å²) in [7, 11) is 0.414. The Balaban J connectivity index is 1.67. The molecule has 1 fully saturated rings. The molecule has 6 nitrogen and oxygen atoms in total. The highest BCUT2D eigenvalue weighted by atomic mass is 35.5. The molecule has 0 spiro atoms. The van der Waals surface area contributed by atoms with E-state index in [1.807, 2.05) is 6.07 Å². The number of benzene rings is 2. The molecule has 0 amide bonds. The van der Waals surface area contributed by atoms with Crippen molar-refractivity contribution in [2.75, 3.05) is 19.5 Å². The number of halogens is 5. The summed E-state index contributed by atoms with van der Waals surface area (Å²) < 4.78 is 47.6. The Bertz CT molecular complexity index is 1150. The van der Waals surface area contributed by atoms with Gasteiger partial charge in [0.1, 0.15) is 11.7 Å². The van der Waals surface area contributed by atoms with Crippen molar-refractivity contribution in [3.05, 3.63) is 64.0 Å². The summed E-state index contributed by atoms with van der Waals surface area (Å²) in [4.78, 5) is 0.856. The maximum Gasteiger partial charge on any atom is 0.194 e. The molecule has 1 aliphatic heterocycles. The third-order valence-electron chi connectivity index (χ3n) is 5.72. The van der Waals surface area contributed by atoms with Gasteiger partial charge in [0.25, 0.3) is 0 Å². The number of aliphatic hydroxyl groups excluding tert-OH is 2. The van der Waals surface area contributed by atoms with E-state index in [9.17, 15) is 23.4 Å². The Morgan fingerprint density at radius 3 is 2.45 bits per heavy atom. The fraction of sp³-hybridized carbons (Fsp3) is 0.333. The van der Waals surface area contributed by atoms with E-state index in [0.717, 1.165) is 17.0 Å². The minimum atomic E-state index is -1.57. The van der Waals surface area contributed by atoms with Crippen LogP contribution >= 0.6 is 34.1 Å². The van der Waals surface area contributed by atoms with Crippen LogP contribution < -0.4 is 0 Å². The molecule has 178 valence electrons. The van der Waals surface area contributed by atoms with Gasteiger partial charge in [-0.1, -0.05) is 28.4 Å². The number of aromatic nitrogens is 3. The average molecular weight is 522 g/mol. The first kappa shape index (κ1) is 24.3. The minimum Gasteiger partial charge on any atom is -0.395 e. The zero-order chi connectivity index (χ0) is 23.9. The number of aliphatic hydroxyl groups is 2. The van der Waals surface area contributed by atoms with Crippen LogP contribution in [0.2, 0.25) is 10.0 Å². The molecule has 3 aromatic rings. The molecular formula is C21H20Cl2F3N3O3S. The number of methoxy groups -OCH3 is 1. The molecule has 2 heterocycles. The number of ether oxygens (including phenoxy) is 1. The van der Waals surface area contributed by atoms with Crippen LogP contribution in [0.3, 0.4) is 0 Å². The molecular weight excluding hydrogens is 502 g/mol. The molecule has 4 rings (SSSR count). The van der Waals surface area contributed by atoms with E-state index < -0.39 is 51.8 Å². The second kappa shape index (κ2) is 9.81. The SMILES string of the molecule is CO[C@H]1C[SH](c2ccc(Cl)c(Cl)c2)[C@H](CO)[C@H](O)[C@@H]1n1cc(-c2cc(F)c(F)c(F)c2)nn1. The van der Waals surface area contributed by atoms with Crippen LogP contribution in [0.15, 0.2) is 41.4 Å². The Labute approximate surface area is 200 Å². The fourth-order valence-corrected chi connectivity index (χ4v) is 7.33. The van der Waals surface area contributed by atoms with Gasteiger partial charge in [0.05, 0.1) is 35.1 Å². The van der Waals surface area contributed by atoms with Gasteiger partial charge in [0.15, 0.2) is 17.5 Å². The summed E-state index contributed by atoms with van der Waals surface area (Å²) in [5.74, 6) is -3.79. The van der Waals surface area contributed by atoms with E-state index in [4.69, 9.17) is 27.9 Å². The molecule has 0 bridgehead atoms. The summed E-state index contributed by atoms with van der Waals surface area (Å²) in [6.07, 6.45) is -0.196. The first-order valence-corrected chi connectivity index (χ1v) is 12.2. The van der Waals surface area contributed by atoms with Crippen LogP contribution in [0, 0.1) is 17.5 Å². The fourth-order valence-electron chi connectivity index (χ4n) is 4.04. The van der Waals surface area contributed by atoms with Gasteiger partial charge in [0, 0.05) is 23.7 Å². The Kier molecular flexibility index (Phi) is 7.23. The topological polar surface area (TPSA) is 80.4 Å². The van der Waals surface area contributed by atoms with Gasteiger partial charge >= 0.3 is 0 Å². The monoisotopic (exact) mass is 521 g/mol. The maximum atomic E-state index is 13.6. The first-order valence-electron chi connectivity index (χ1n) is 9.85. The van der Waals surface area contributed by atoms with Crippen molar-refractivity contribution >= 4 is 34.1 Å². The Morgan fingerprint density at radius 2 is 1.85 bits per heavy atom. The third-order valence-corrected chi connectivity index (χ3v) is 9.43. The quantitative estimate of drug-likeness (QED) is 0.349. The lowest BCUT2D eigenvalue weighted by Crippen LogP contribution is -2.50. The summed E-state index contributed by atoms with van der Waals surface area (Å²) in [6.45, 7) is -0.296. The lowest BCUT2D eigenvalue weighted by molar-refractivity contribution is -0.0139. The highest BCUT2D eigenvalue weighted by Crippen LogP contribution is 2.51. The first-order chi connectivity index (χ1) is 15.7. The molecule has 2 N–H and O–H groups in total. The van der Waals surface area contributed by atoms with Crippen LogP contribution in [-0.4, -0.2) is 62.1 Å². The Morgan fingerprint density at radius 1 is 1.15 bits per heavy atom. The minimum absolute atomic E-state index is 0.00585. The highest BCUT2D eigenvalue weighted by Gasteiger charge is 2.44. The second-order valence-electron chi connectivity index (χ2n) is 7.59. The van der Waals surface area contributed by atoms with Crippen molar-refractivity contribution < 1.29 is 28.1 Å². The van der Waals surface area contributed by atoms with Gasteiger partial charge in [-0.15, -0.1) is 5.10 Å². The number of nitrogens with zero attached hydrogens (tertiary/aromatic N) is 3. The molecule has 1 saturated heterocycles. The molecule has 2 aromatic carbocycles. The van der Waals surface area contributed by atoms with Crippen LogP contribution in [0.1, 0.15) is 6.04 Å². The van der Waals surface area contributed by atoms with Crippen molar-refractivity contribution in [3.8, 4) is 11.3 Å². The second-order valence-corrected chi connectivity index (χ2v) is 10.9.